The summed E-state index contributed by atoms with van der Waals surface area (Å²) in [5.74, 6) is -0.650. The number of para-hydroxylation sites is 1. The Kier molecular flexibility index (Phi) is 6.23. The van der Waals surface area contributed by atoms with Crippen LogP contribution >= 0.6 is 0 Å². The zero-order valence-electron chi connectivity index (χ0n) is 15.7. The molecular formula is C20H21N3O4S. The van der Waals surface area contributed by atoms with E-state index in [2.05, 4.69) is 31.4 Å². The van der Waals surface area contributed by atoms with Gasteiger partial charge in [-0.1, -0.05) is 39.0 Å². The van der Waals surface area contributed by atoms with E-state index in [4.69, 9.17) is 4.55 Å². The van der Waals surface area contributed by atoms with Gasteiger partial charge >= 0.3 is 0 Å². The Labute approximate surface area is 164 Å². The van der Waals surface area contributed by atoms with Crippen LogP contribution in [0, 0.1) is 11.3 Å². The van der Waals surface area contributed by atoms with Crippen LogP contribution in [0.5, 0.6) is 0 Å². The summed E-state index contributed by atoms with van der Waals surface area (Å²) >= 11 is 0. The van der Waals surface area contributed by atoms with Crippen molar-refractivity contribution in [3.8, 4) is 6.07 Å². The van der Waals surface area contributed by atoms with E-state index in [9.17, 15) is 18.5 Å². The normalized spacial score (nSPS) is 12.2. The van der Waals surface area contributed by atoms with Crippen molar-refractivity contribution in [1.29, 1.82) is 5.26 Å². The van der Waals surface area contributed by atoms with Crippen molar-refractivity contribution in [2.24, 2.45) is 0 Å². The van der Waals surface area contributed by atoms with E-state index in [1.807, 2.05) is 30.3 Å². The Balaban J connectivity index is 2.17. The first-order chi connectivity index (χ1) is 13.0. The van der Waals surface area contributed by atoms with Crippen molar-refractivity contribution >= 4 is 27.4 Å². The van der Waals surface area contributed by atoms with E-state index in [-0.39, 0.29) is 21.6 Å². The van der Waals surface area contributed by atoms with Gasteiger partial charge in [-0.3, -0.25) is 9.35 Å². The first kappa shape index (κ1) is 21.2. The monoisotopic (exact) mass is 399 g/mol. The highest BCUT2D eigenvalue weighted by molar-refractivity contribution is 7.85. The molecule has 0 aliphatic carbocycles. The minimum Gasteiger partial charge on any atom is -0.360 e. The van der Waals surface area contributed by atoms with Crippen LogP contribution in [0.15, 0.2) is 65.2 Å². The van der Waals surface area contributed by atoms with E-state index in [1.165, 1.54) is 18.3 Å². The average Bonchev–Trinajstić information content (AvgIpc) is 2.61. The maximum Gasteiger partial charge on any atom is 0.294 e. The molecule has 0 bridgehead atoms. The molecule has 0 radical (unpaired) electrons. The quantitative estimate of drug-likeness (QED) is 0.401. The third-order valence-corrected chi connectivity index (χ3v) is 4.75. The number of carbonyl (C=O) groups is 1. The molecule has 7 nitrogen and oxygen atoms in total. The van der Waals surface area contributed by atoms with Crippen molar-refractivity contribution in [1.82, 2.24) is 0 Å². The van der Waals surface area contributed by atoms with Crippen LogP contribution in [-0.2, 0) is 20.3 Å². The Morgan fingerprint density at radius 1 is 1.11 bits per heavy atom. The number of hydrogen-bond acceptors (Lipinski definition) is 5. The van der Waals surface area contributed by atoms with Gasteiger partial charge in [0.1, 0.15) is 11.6 Å². The number of nitrogens with one attached hydrogen (secondary N) is 2. The molecule has 0 aromatic heterocycles. The largest absolute Gasteiger partial charge is 0.360 e. The van der Waals surface area contributed by atoms with E-state index < -0.39 is 16.0 Å². The van der Waals surface area contributed by atoms with Gasteiger partial charge in [-0.15, -0.1) is 0 Å². The predicted molar refractivity (Wildman–Crippen MR) is 107 cm³/mol. The lowest BCUT2D eigenvalue weighted by Crippen LogP contribution is -2.16. The lowest BCUT2D eigenvalue weighted by atomic mass is 9.86. The van der Waals surface area contributed by atoms with Gasteiger partial charge in [-0.25, -0.2) is 0 Å². The summed E-state index contributed by atoms with van der Waals surface area (Å²) in [4.78, 5) is 12.0. The SMILES string of the molecule is CC(C)(C)c1ccccc1N/C=C(/C#N)C(=O)Nc1ccc(S(=O)(=O)O)cc1. The molecule has 2 rings (SSSR count). The molecule has 2 aromatic carbocycles. The third kappa shape index (κ3) is 5.42. The number of benzene rings is 2. The van der Waals surface area contributed by atoms with E-state index >= 15 is 0 Å². The van der Waals surface area contributed by atoms with Crippen LogP contribution in [0.2, 0.25) is 0 Å². The zero-order chi connectivity index (χ0) is 20.9. The first-order valence-corrected chi connectivity index (χ1v) is 9.81. The maximum atomic E-state index is 12.3. The molecule has 0 fully saturated rings. The fraction of sp³-hybridized carbons (Fsp3) is 0.200. The Morgan fingerprint density at radius 3 is 2.25 bits per heavy atom. The number of anilines is 2. The molecule has 1 amide bonds. The molecule has 0 saturated carbocycles. The van der Waals surface area contributed by atoms with Gasteiger partial charge in [0, 0.05) is 17.6 Å². The predicted octanol–water partition coefficient (Wildman–Crippen LogP) is 3.69. The number of carbonyl (C=O) groups excluding carboxylic acids is 1. The number of nitriles is 1. The number of nitrogens with zero attached hydrogens (tertiary/aromatic N) is 1. The third-order valence-electron chi connectivity index (χ3n) is 3.88. The van der Waals surface area contributed by atoms with E-state index in [0.29, 0.717) is 0 Å². The minimum absolute atomic E-state index is 0.124. The Morgan fingerprint density at radius 2 is 1.71 bits per heavy atom. The number of rotatable bonds is 5. The fourth-order valence-electron chi connectivity index (χ4n) is 2.47. The average molecular weight is 399 g/mol. The second-order valence-electron chi connectivity index (χ2n) is 7.06. The van der Waals surface area contributed by atoms with Crippen LogP contribution in [0.3, 0.4) is 0 Å². The van der Waals surface area contributed by atoms with Gasteiger partial charge < -0.3 is 10.6 Å². The number of amides is 1. The topological polar surface area (TPSA) is 119 Å². The summed E-state index contributed by atoms with van der Waals surface area (Å²) in [6, 6.07) is 14.4. The molecule has 2 aromatic rings. The zero-order valence-corrected chi connectivity index (χ0v) is 16.5. The molecule has 0 heterocycles. The van der Waals surface area contributed by atoms with Gasteiger partial charge in [0.2, 0.25) is 0 Å². The minimum atomic E-state index is -4.31. The Hall–Kier alpha value is -3.15. The molecule has 0 saturated heterocycles. The summed E-state index contributed by atoms with van der Waals surface area (Å²) in [5.41, 5.74) is 1.83. The Bertz CT molecular complexity index is 1040. The lowest BCUT2D eigenvalue weighted by Gasteiger charge is -2.22. The van der Waals surface area contributed by atoms with Gasteiger partial charge in [0.05, 0.1) is 4.90 Å². The molecule has 8 heteroatoms. The van der Waals surface area contributed by atoms with Gasteiger partial charge in [0.25, 0.3) is 16.0 Å². The lowest BCUT2D eigenvalue weighted by molar-refractivity contribution is -0.112. The standard InChI is InChI=1S/C20H21N3O4S/c1-20(2,3)17-6-4-5-7-18(17)22-13-14(12-21)19(24)23-15-8-10-16(11-9-15)28(25,26)27/h4-11,13,22H,1-3H3,(H,23,24)(H,25,26,27)/b14-13-. The highest BCUT2D eigenvalue weighted by Gasteiger charge is 2.17. The maximum absolute atomic E-state index is 12.3. The van der Waals surface area contributed by atoms with E-state index in [0.717, 1.165) is 23.4 Å². The molecule has 146 valence electrons. The molecule has 0 aliphatic heterocycles. The summed E-state index contributed by atoms with van der Waals surface area (Å²) in [5, 5.41) is 14.8. The molecule has 0 spiro atoms. The second-order valence-corrected chi connectivity index (χ2v) is 8.48. The van der Waals surface area contributed by atoms with Crippen LogP contribution < -0.4 is 10.6 Å². The van der Waals surface area contributed by atoms with Crippen molar-refractivity contribution < 1.29 is 17.8 Å². The summed E-state index contributed by atoms with van der Waals surface area (Å²) < 4.78 is 31.1. The van der Waals surface area contributed by atoms with Gasteiger partial charge in [-0.05, 0) is 41.3 Å². The van der Waals surface area contributed by atoms with Crippen molar-refractivity contribution in [3.05, 3.63) is 65.9 Å². The second kappa shape index (κ2) is 8.25. The molecule has 3 N–H and O–H groups in total. The summed E-state index contributed by atoms with van der Waals surface area (Å²) in [6.45, 7) is 6.18. The molecule has 28 heavy (non-hydrogen) atoms. The van der Waals surface area contributed by atoms with Crippen molar-refractivity contribution in [2.45, 2.75) is 31.1 Å². The fourth-order valence-corrected chi connectivity index (χ4v) is 2.95. The molecular weight excluding hydrogens is 378 g/mol. The van der Waals surface area contributed by atoms with Gasteiger partial charge in [-0.2, -0.15) is 13.7 Å². The highest BCUT2D eigenvalue weighted by Crippen LogP contribution is 2.29. The van der Waals surface area contributed by atoms with Crippen molar-refractivity contribution in [2.75, 3.05) is 10.6 Å². The van der Waals surface area contributed by atoms with Gasteiger partial charge in [0.15, 0.2) is 0 Å². The smallest absolute Gasteiger partial charge is 0.294 e. The summed E-state index contributed by atoms with van der Waals surface area (Å²) in [6.07, 6.45) is 1.33. The molecule has 0 unspecified atom stereocenters. The van der Waals surface area contributed by atoms with Crippen LogP contribution in [-0.4, -0.2) is 18.9 Å². The van der Waals surface area contributed by atoms with Crippen LogP contribution in [0.25, 0.3) is 0 Å². The highest BCUT2D eigenvalue weighted by atomic mass is 32.2. The molecule has 0 atom stereocenters. The van der Waals surface area contributed by atoms with Crippen LogP contribution in [0.1, 0.15) is 26.3 Å². The summed E-state index contributed by atoms with van der Waals surface area (Å²) in [7, 11) is -4.31. The van der Waals surface area contributed by atoms with Crippen molar-refractivity contribution in [3.63, 3.8) is 0 Å². The first-order valence-electron chi connectivity index (χ1n) is 8.37. The number of hydrogen-bond donors (Lipinski definition) is 3. The molecule has 0 aliphatic rings. The van der Waals surface area contributed by atoms with Crippen LogP contribution in [0.4, 0.5) is 11.4 Å². The van der Waals surface area contributed by atoms with E-state index in [1.54, 1.807) is 0 Å².